The van der Waals surface area contributed by atoms with Crippen molar-refractivity contribution in [1.29, 1.82) is 0 Å². The first-order valence-corrected chi connectivity index (χ1v) is 7.28. The Kier molecular flexibility index (Phi) is 6.82. The van der Waals surface area contributed by atoms with Crippen LogP contribution in [0.5, 0.6) is 0 Å². The predicted octanol–water partition coefficient (Wildman–Crippen LogP) is 4.94. The van der Waals surface area contributed by atoms with Crippen LogP contribution in [0.4, 0.5) is 18.9 Å². The fraction of sp³-hybridized carbons (Fsp3) is 0.571. The topological polar surface area (TPSA) is 21.3 Å². The van der Waals surface area contributed by atoms with E-state index in [4.69, 9.17) is 4.74 Å². The van der Waals surface area contributed by atoms with E-state index in [9.17, 15) is 13.2 Å². The second-order valence-electron chi connectivity index (χ2n) is 4.91. The van der Waals surface area contributed by atoms with Crippen LogP contribution in [0.25, 0.3) is 0 Å². The molecular weight excluding hydrogens is 335 g/mol. The fourth-order valence-corrected chi connectivity index (χ4v) is 1.95. The van der Waals surface area contributed by atoms with Crippen LogP contribution in [0.15, 0.2) is 22.7 Å². The maximum Gasteiger partial charge on any atom is 0.418 e. The molecule has 0 aliphatic heterocycles. The van der Waals surface area contributed by atoms with Crippen LogP contribution in [0.2, 0.25) is 0 Å². The molecule has 0 amide bonds. The summed E-state index contributed by atoms with van der Waals surface area (Å²) in [6.45, 7) is 5.55. The van der Waals surface area contributed by atoms with Gasteiger partial charge in [-0.25, -0.2) is 0 Å². The number of rotatable bonds is 7. The van der Waals surface area contributed by atoms with Crippen LogP contribution < -0.4 is 5.32 Å². The van der Waals surface area contributed by atoms with Gasteiger partial charge in [-0.15, -0.1) is 0 Å². The summed E-state index contributed by atoms with van der Waals surface area (Å²) in [5.41, 5.74) is -0.595. The molecule has 1 N–H and O–H groups in total. The molecule has 114 valence electrons. The third-order valence-electron chi connectivity index (χ3n) is 2.69. The van der Waals surface area contributed by atoms with Gasteiger partial charge >= 0.3 is 6.18 Å². The van der Waals surface area contributed by atoms with Gasteiger partial charge in [0.1, 0.15) is 0 Å². The van der Waals surface area contributed by atoms with Gasteiger partial charge in [0.2, 0.25) is 0 Å². The molecule has 20 heavy (non-hydrogen) atoms. The lowest BCUT2D eigenvalue weighted by Crippen LogP contribution is -2.15. The zero-order valence-electron chi connectivity index (χ0n) is 11.6. The minimum absolute atomic E-state index is 0.0688. The highest BCUT2D eigenvalue weighted by Crippen LogP contribution is 2.36. The van der Waals surface area contributed by atoms with Crippen molar-refractivity contribution in [3.05, 3.63) is 28.2 Å². The third kappa shape index (κ3) is 6.13. The molecule has 0 fully saturated rings. The van der Waals surface area contributed by atoms with E-state index in [1.807, 2.05) is 0 Å². The van der Waals surface area contributed by atoms with Gasteiger partial charge in [-0.1, -0.05) is 29.8 Å². The third-order valence-corrected chi connectivity index (χ3v) is 3.18. The lowest BCUT2D eigenvalue weighted by Gasteiger charge is -2.15. The van der Waals surface area contributed by atoms with Gasteiger partial charge in [0, 0.05) is 23.3 Å². The van der Waals surface area contributed by atoms with E-state index in [-0.39, 0.29) is 5.69 Å². The van der Waals surface area contributed by atoms with Gasteiger partial charge in [-0.2, -0.15) is 13.2 Å². The number of halogens is 4. The van der Waals surface area contributed by atoms with Gasteiger partial charge in [-0.05, 0) is 30.5 Å². The Hall–Kier alpha value is -0.750. The van der Waals surface area contributed by atoms with E-state index in [1.165, 1.54) is 12.1 Å². The lowest BCUT2D eigenvalue weighted by atomic mass is 10.1. The number of anilines is 1. The standard InChI is InChI=1S/C14H19BrF3NO/c1-10(2)5-7-20-8-6-19-13-9-11(15)3-4-12(13)14(16,17)18/h3-4,9-10,19H,5-8H2,1-2H3. The number of ether oxygens (including phenoxy) is 1. The number of alkyl halides is 3. The predicted molar refractivity (Wildman–Crippen MR) is 77.9 cm³/mol. The zero-order chi connectivity index (χ0) is 15.2. The van der Waals surface area contributed by atoms with Crippen molar-refractivity contribution < 1.29 is 17.9 Å². The van der Waals surface area contributed by atoms with E-state index in [0.29, 0.717) is 30.1 Å². The second kappa shape index (κ2) is 7.88. The number of benzene rings is 1. The molecule has 1 aromatic rings. The lowest BCUT2D eigenvalue weighted by molar-refractivity contribution is -0.137. The van der Waals surface area contributed by atoms with Crippen molar-refractivity contribution in [3.8, 4) is 0 Å². The molecule has 0 radical (unpaired) electrons. The molecule has 2 nitrogen and oxygen atoms in total. The molecule has 0 saturated carbocycles. The average Bonchev–Trinajstić information content (AvgIpc) is 2.31. The first-order valence-electron chi connectivity index (χ1n) is 6.49. The summed E-state index contributed by atoms with van der Waals surface area (Å²) >= 11 is 3.17. The Morgan fingerprint density at radius 3 is 2.55 bits per heavy atom. The van der Waals surface area contributed by atoms with E-state index >= 15 is 0 Å². The van der Waals surface area contributed by atoms with Gasteiger partial charge in [-0.3, -0.25) is 0 Å². The smallest absolute Gasteiger partial charge is 0.382 e. The molecule has 0 unspecified atom stereocenters. The number of nitrogens with one attached hydrogen (secondary N) is 1. The van der Waals surface area contributed by atoms with Gasteiger partial charge in [0.15, 0.2) is 0 Å². The second-order valence-corrected chi connectivity index (χ2v) is 5.83. The molecule has 6 heteroatoms. The Bertz CT molecular complexity index is 421. The first kappa shape index (κ1) is 17.3. The van der Waals surface area contributed by atoms with E-state index in [0.717, 1.165) is 12.5 Å². The van der Waals surface area contributed by atoms with Crippen LogP contribution >= 0.6 is 15.9 Å². The van der Waals surface area contributed by atoms with Crippen molar-refractivity contribution in [2.24, 2.45) is 5.92 Å². The maximum absolute atomic E-state index is 12.8. The highest BCUT2D eigenvalue weighted by molar-refractivity contribution is 9.10. The molecular formula is C14H19BrF3NO. The summed E-state index contributed by atoms with van der Waals surface area (Å²) in [6.07, 6.45) is -3.41. The molecule has 0 spiro atoms. The summed E-state index contributed by atoms with van der Waals surface area (Å²) in [5, 5.41) is 2.77. The van der Waals surface area contributed by atoms with Crippen LogP contribution in [0.1, 0.15) is 25.8 Å². The monoisotopic (exact) mass is 353 g/mol. The molecule has 0 aliphatic rings. The Morgan fingerprint density at radius 1 is 1.25 bits per heavy atom. The molecule has 0 bridgehead atoms. The van der Waals surface area contributed by atoms with Crippen molar-refractivity contribution >= 4 is 21.6 Å². The first-order chi connectivity index (χ1) is 9.30. The normalized spacial score (nSPS) is 11.9. The van der Waals surface area contributed by atoms with E-state index < -0.39 is 11.7 Å². The Balaban J connectivity index is 2.49. The number of hydrogen-bond donors (Lipinski definition) is 1. The summed E-state index contributed by atoms with van der Waals surface area (Å²) in [6, 6.07) is 3.87. The maximum atomic E-state index is 12.8. The van der Waals surface area contributed by atoms with Crippen LogP contribution in [0, 0.1) is 5.92 Å². The van der Waals surface area contributed by atoms with Crippen LogP contribution in [-0.4, -0.2) is 19.8 Å². The molecule has 1 aromatic carbocycles. The van der Waals surface area contributed by atoms with Crippen LogP contribution in [0.3, 0.4) is 0 Å². The molecule has 0 saturated heterocycles. The molecule has 0 heterocycles. The molecule has 0 aliphatic carbocycles. The summed E-state index contributed by atoms with van der Waals surface area (Å²) in [7, 11) is 0. The average molecular weight is 354 g/mol. The highest BCUT2D eigenvalue weighted by Gasteiger charge is 2.33. The highest BCUT2D eigenvalue weighted by atomic mass is 79.9. The van der Waals surface area contributed by atoms with Crippen LogP contribution in [-0.2, 0) is 10.9 Å². The van der Waals surface area contributed by atoms with Crippen molar-refractivity contribution in [3.63, 3.8) is 0 Å². The van der Waals surface area contributed by atoms with E-state index in [1.54, 1.807) is 0 Å². The van der Waals surface area contributed by atoms with Crippen molar-refractivity contribution in [2.45, 2.75) is 26.4 Å². The summed E-state index contributed by atoms with van der Waals surface area (Å²) in [4.78, 5) is 0. The Labute approximate surface area is 125 Å². The minimum Gasteiger partial charge on any atom is -0.382 e. The SMILES string of the molecule is CC(C)CCOCCNc1cc(Br)ccc1C(F)(F)F. The zero-order valence-corrected chi connectivity index (χ0v) is 13.1. The summed E-state index contributed by atoms with van der Waals surface area (Å²) in [5.74, 6) is 0.560. The molecule has 0 aromatic heterocycles. The van der Waals surface area contributed by atoms with Crippen molar-refractivity contribution in [1.82, 2.24) is 0 Å². The van der Waals surface area contributed by atoms with Gasteiger partial charge < -0.3 is 10.1 Å². The minimum atomic E-state index is -4.36. The number of hydrogen-bond acceptors (Lipinski definition) is 2. The molecule has 0 atom stereocenters. The van der Waals surface area contributed by atoms with Gasteiger partial charge in [0.25, 0.3) is 0 Å². The van der Waals surface area contributed by atoms with Gasteiger partial charge in [0.05, 0.1) is 12.2 Å². The molecule has 1 rings (SSSR count). The van der Waals surface area contributed by atoms with Crippen molar-refractivity contribution in [2.75, 3.05) is 25.1 Å². The fourth-order valence-electron chi connectivity index (χ4n) is 1.59. The van der Waals surface area contributed by atoms with E-state index in [2.05, 4.69) is 35.1 Å². The summed E-state index contributed by atoms with van der Waals surface area (Å²) < 4.78 is 44.4. The largest absolute Gasteiger partial charge is 0.418 e. The Morgan fingerprint density at radius 2 is 1.95 bits per heavy atom. The quantitative estimate of drug-likeness (QED) is 0.700.